The predicted octanol–water partition coefficient (Wildman–Crippen LogP) is 14.1. The zero-order valence-corrected chi connectivity index (χ0v) is 38.3. The number of nitrogens with zero attached hydrogens (tertiary/aromatic N) is 8. The van der Waals surface area contributed by atoms with Crippen LogP contribution in [0, 0.1) is 13.3 Å². The van der Waals surface area contributed by atoms with Gasteiger partial charge in [-0.1, -0.05) is 127 Å². The molecule has 0 aliphatic carbocycles. The first kappa shape index (κ1) is 39.3. The molecule has 9 heteroatoms. The summed E-state index contributed by atoms with van der Waals surface area (Å²) in [5.41, 5.74) is 15.7. The minimum absolute atomic E-state index is 0.688. The maximum atomic E-state index is 6.86. The van der Waals surface area contributed by atoms with E-state index in [2.05, 4.69) is 241 Å². The third kappa shape index (κ3) is 5.84. The van der Waals surface area contributed by atoms with E-state index in [9.17, 15) is 0 Å². The van der Waals surface area contributed by atoms with Gasteiger partial charge in [0, 0.05) is 51.2 Å². The lowest BCUT2D eigenvalue weighted by Gasteiger charge is -2.12. The van der Waals surface area contributed by atoms with Crippen LogP contribution >= 0.6 is 0 Å². The van der Waals surface area contributed by atoms with E-state index in [1.807, 2.05) is 24.4 Å². The van der Waals surface area contributed by atoms with Crippen LogP contribution in [-0.4, -0.2) is 32.6 Å². The van der Waals surface area contributed by atoms with Crippen molar-refractivity contribution in [3.63, 3.8) is 0 Å². The van der Waals surface area contributed by atoms with Crippen LogP contribution in [0.3, 0.4) is 0 Å². The monoisotopic (exact) mass is 912 g/mol. The highest BCUT2D eigenvalue weighted by molar-refractivity contribution is 6.12. The van der Waals surface area contributed by atoms with E-state index in [0.29, 0.717) is 11.5 Å². The van der Waals surface area contributed by atoms with Gasteiger partial charge in [-0.15, -0.1) is 0 Å². The molecule has 9 aromatic carbocycles. The molecule has 6 aromatic heterocycles. The molecule has 0 aliphatic rings. The third-order valence-electron chi connectivity index (χ3n) is 14.1. The maximum absolute atomic E-state index is 6.86. The van der Waals surface area contributed by atoms with E-state index in [4.69, 9.17) is 14.7 Å². The molecule has 0 amide bonds. The van der Waals surface area contributed by atoms with Gasteiger partial charge in [0.25, 0.3) is 6.33 Å². The highest BCUT2D eigenvalue weighted by Gasteiger charge is 2.23. The number of rotatable bonds is 7. The molecule has 0 N–H and O–H groups in total. The van der Waals surface area contributed by atoms with Crippen LogP contribution in [0.25, 0.3) is 111 Å². The molecule has 9 nitrogen and oxygen atoms in total. The number of imidazole rings is 3. The average molecular weight is 913 g/mol. The Morgan fingerprint density at radius 1 is 0.451 bits per heavy atom. The second kappa shape index (κ2) is 15.1. The minimum Gasteiger partial charge on any atom is -0.458 e. The van der Waals surface area contributed by atoms with Crippen molar-refractivity contribution >= 4 is 82.5 Å². The Kier molecular flexibility index (Phi) is 8.37. The summed E-state index contributed by atoms with van der Waals surface area (Å²) in [5.74, 6) is 2.92. The number of para-hydroxylation sites is 8. The smallest absolute Gasteiger partial charge is 0.269 e. The molecule has 6 heterocycles. The Morgan fingerprint density at radius 2 is 1.08 bits per heavy atom. The molecule has 0 atom stereocenters. The number of aryl methyl sites for hydroxylation is 1. The largest absolute Gasteiger partial charge is 0.458 e. The standard InChI is InChI=1S/C62H40N8O/c1-40-17-14-31-55-60(40)64-62-69(55)54-34-33-45(36-58(54)70(62)59-37-57-49(38-63-59)47-25-9-10-27-50(47)67(57)41-18-4-2-5-19-41)71-44-23-15-22-43(35-44)65-39-66(53-30-13-12-29-52(53)65)56-32-16-26-48-46-24-8-11-28-51(46)68(61(48)56)42-20-6-3-7-21-42/h2-38H,1H3. The zero-order chi connectivity index (χ0) is 46.7. The molecular weight excluding hydrogens is 873 g/mol. The molecule has 15 rings (SSSR count). The Balaban J connectivity index is 0.873. The minimum atomic E-state index is 0.688. The molecule has 0 saturated carbocycles. The quantitative estimate of drug-likeness (QED) is 0.118. The summed E-state index contributed by atoms with van der Waals surface area (Å²) in [6.45, 7) is 2.11. The first-order valence-corrected chi connectivity index (χ1v) is 23.8. The summed E-state index contributed by atoms with van der Waals surface area (Å²) in [6.07, 6.45) is 5.79. The second-order valence-electron chi connectivity index (χ2n) is 18.1. The second-order valence-corrected chi connectivity index (χ2v) is 18.1. The van der Waals surface area contributed by atoms with Crippen molar-refractivity contribution in [2.75, 3.05) is 0 Å². The molecule has 71 heavy (non-hydrogen) atoms. The fourth-order valence-electron chi connectivity index (χ4n) is 11.0. The molecule has 334 valence electrons. The highest BCUT2D eigenvalue weighted by atomic mass is 16.5. The van der Waals surface area contributed by atoms with Gasteiger partial charge in [-0.3, -0.25) is 18.1 Å². The van der Waals surface area contributed by atoms with Gasteiger partial charge >= 0.3 is 0 Å². The number of benzene rings is 9. The van der Waals surface area contributed by atoms with E-state index < -0.39 is 0 Å². The van der Waals surface area contributed by atoms with Crippen molar-refractivity contribution in [2.24, 2.45) is 0 Å². The van der Waals surface area contributed by atoms with E-state index in [0.717, 1.165) is 106 Å². The molecule has 0 fully saturated rings. The molecule has 0 spiro atoms. The van der Waals surface area contributed by atoms with Gasteiger partial charge in [0.1, 0.15) is 17.3 Å². The van der Waals surface area contributed by atoms with Crippen LogP contribution in [0.2, 0.25) is 0 Å². The Hall–Kier alpha value is -9.73. The van der Waals surface area contributed by atoms with Crippen molar-refractivity contribution in [1.82, 2.24) is 32.6 Å². The summed E-state index contributed by atoms with van der Waals surface area (Å²) >= 11 is 0. The molecular formula is C62H40N8O. The van der Waals surface area contributed by atoms with Gasteiger partial charge in [0.05, 0.1) is 66.5 Å². The normalized spacial score (nSPS) is 12.0. The molecule has 0 saturated heterocycles. The van der Waals surface area contributed by atoms with E-state index >= 15 is 0 Å². The molecule has 0 aliphatic heterocycles. The highest BCUT2D eigenvalue weighted by Crippen LogP contribution is 2.38. The van der Waals surface area contributed by atoms with Crippen molar-refractivity contribution in [3.8, 4) is 40.1 Å². The lowest BCUT2D eigenvalue weighted by molar-refractivity contribution is -0.571. The van der Waals surface area contributed by atoms with Gasteiger partial charge in [-0.2, -0.15) is 0 Å². The predicted molar refractivity (Wildman–Crippen MR) is 284 cm³/mol. The summed E-state index contributed by atoms with van der Waals surface area (Å²) in [7, 11) is 0. The Morgan fingerprint density at radius 3 is 1.90 bits per heavy atom. The fraction of sp³-hybridized carbons (Fsp3) is 0.0161. The zero-order valence-electron chi connectivity index (χ0n) is 38.3. The number of hydrogen-bond acceptors (Lipinski definition) is 3. The molecule has 0 unspecified atom stereocenters. The van der Waals surface area contributed by atoms with Gasteiger partial charge in [0.2, 0.25) is 5.78 Å². The molecule has 0 radical (unpaired) electrons. The number of hydrogen-bond donors (Lipinski definition) is 0. The SMILES string of the molecule is Cc1cccc2c1nc1n(-c3cc4c(cn3)c3ccccc3n4-c3ccccc3)c3cc(Oc4cccc(-n5[c-][n+](-c6cccc7c8ccccc8n(-c8ccccc8)c67)c6ccccc65)c4)ccc3n21. The van der Waals surface area contributed by atoms with E-state index in [1.165, 1.54) is 10.8 Å². The van der Waals surface area contributed by atoms with Crippen molar-refractivity contribution < 1.29 is 9.30 Å². The van der Waals surface area contributed by atoms with Crippen molar-refractivity contribution in [3.05, 3.63) is 236 Å². The topological polar surface area (TPSA) is 63.0 Å². The number of ether oxygens (including phenoxy) is 1. The first-order chi connectivity index (χ1) is 35.1. The lowest BCUT2D eigenvalue weighted by atomic mass is 10.1. The maximum Gasteiger partial charge on any atom is 0.269 e. The van der Waals surface area contributed by atoms with Gasteiger partial charge in [0.15, 0.2) is 0 Å². The van der Waals surface area contributed by atoms with Crippen LogP contribution in [0.4, 0.5) is 0 Å². The van der Waals surface area contributed by atoms with Crippen LogP contribution in [-0.2, 0) is 0 Å². The van der Waals surface area contributed by atoms with Crippen molar-refractivity contribution in [1.29, 1.82) is 0 Å². The first-order valence-electron chi connectivity index (χ1n) is 23.8. The van der Waals surface area contributed by atoms with Crippen LogP contribution < -0.4 is 9.30 Å². The van der Waals surface area contributed by atoms with Crippen molar-refractivity contribution in [2.45, 2.75) is 6.92 Å². The molecule has 15 aromatic rings. The number of fused-ring (bicyclic) bond motifs is 12. The van der Waals surface area contributed by atoms with Gasteiger partial charge in [-0.05, 0) is 91.3 Å². The fourth-order valence-corrected chi connectivity index (χ4v) is 11.0. The lowest BCUT2D eigenvalue weighted by Crippen LogP contribution is -2.30. The average Bonchev–Trinajstić information content (AvgIpc) is 4.23. The summed E-state index contributed by atoms with van der Waals surface area (Å²) in [6, 6.07) is 76.4. The van der Waals surface area contributed by atoms with E-state index in [-0.39, 0.29) is 0 Å². The Bertz CT molecular complexity index is 4630. The molecule has 0 bridgehead atoms. The Labute approximate surface area is 406 Å². The summed E-state index contributed by atoms with van der Waals surface area (Å²) in [4.78, 5) is 10.5. The number of aromatic nitrogens is 8. The van der Waals surface area contributed by atoms with Gasteiger partial charge < -0.3 is 13.9 Å². The third-order valence-corrected chi connectivity index (χ3v) is 14.1. The summed E-state index contributed by atoms with van der Waals surface area (Å²) in [5, 5.41) is 4.62. The van der Waals surface area contributed by atoms with E-state index in [1.54, 1.807) is 0 Å². The van der Waals surface area contributed by atoms with Crippen LogP contribution in [0.5, 0.6) is 11.5 Å². The number of pyridine rings is 1. The van der Waals surface area contributed by atoms with Crippen LogP contribution in [0.15, 0.2) is 225 Å². The van der Waals surface area contributed by atoms with Gasteiger partial charge in [-0.25, -0.2) is 9.97 Å². The van der Waals surface area contributed by atoms with Crippen LogP contribution in [0.1, 0.15) is 5.56 Å². The summed E-state index contributed by atoms with van der Waals surface area (Å²) < 4.78 is 20.3.